The number of likely N-dealkylation sites (tertiary alicyclic amines) is 2. The van der Waals surface area contributed by atoms with Gasteiger partial charge in [-0.1, -0.05) is 30.3 Å². The maximum Gasteiger partial charge on any atom is 0.240 e. The molecule has 2 unspecified atom stereocenters. The lowest BCUT2D eigenvalue weighted by Crippen LogP contribution is -2.48. The van der Waals surface area contributed by atoms with Crippen LogP contribution in [0.3, 0.4) is 0 Å². The molecule has 2 aliphatic heterocycles. The topological polar surface area (TPSA) is 64.0 Å². The van der Waals surface area contributed by atoms with Crippen molar-refractivity contribution in [2.75, 3.05) is 19.6 Å². The number of benzene rings is 2. The van der Waals surface area contributed by atoms with Crippen molar-refractivity contribution >= 4 is 5.91 Å². The number of para-hydroxylation sites is 1. The molecule has 0 bridgehead atoms. The molecule has 4 rings (SSSR count). The lowest BCUT2D eigenvalue weighted by Gasteiger charge is -2.33. The molecular formula is C23H29FN2O3. The third-order valence-electron chi connectivity index (χ3n) is 5.50. The average molecular weight is 400 g/mol. The Hall–Kier alpha value is -2.44. The van der Waals surface area contributed by atoms with E-state index in [9.17, 15) is 14.3 Å². The third kappa shape index (κ3) is 5.78. The highest BCUT2D eigenvalue weighted by molar-refractivity contribution is 5.84. The lowest BCUT2D eigenvalue weighted by molar-refractivity contribution is -0.133. The van der Waals surface area contributed by atoms with Crippen molar-refractivity contribution in [3.05, 3.63) is 65.5 Å². The number of rotatable bonds is 3. The molecule has 2 saturated heterocycles. The number of carbonyl (C=O) groups excluding carboxylic acids is 1. The fourth-order valence-corrected chi connectivity index (χ4v) is 3.87. The van der Waals surface area contributed by atoms with Crippen molar-refractivity contribution in [2.45, 2.75) is 44.9 Å². The molecule has 5 nitrogen and oxygen atoms in total. The summed E-state index contributed by atoms with van der Waals surface area (Å²) in [7, 11) is 0. The molecule has 29 heavy (non-hydrogen) atoms. The number of amides is 1. The van der Waals surface area contributed by atoms with Crippen LogP contribution in [0.4, 0.5) is 4.39 Å². The van der Waals surface area contributed by atoms with Crippen LogP contribution in [0.1, 0.15) is 30.4 Å². The number of aryl methyl sites for hydroxylation is 1. The summed E-state index contributed by atoms with van der Waals surface area (Å²) in [5, 5.41) is 18.4. The van der Waals surface area contributed by atoms with Crippen LogP contribution in [0.25, 0.3) is 0 Å². The Balaban J connectivity index is 0.000000290. The minimum atomic E-state index is -0.318. The van der Waals surface area contributed by atoms with Crippen LogP contribution in [-0.2, 0) is 11.3 Å². The number of piperidine rings is 1. The van der Waals surface area contributed by atoms with Crippen molar-refractivity contribution in [1.29, 1.82) is 0 Å². The van der Waals surface area contributed by atoms with Crippen LogP contribution < -0.4 is 0 Å². The number of phenolic OH excluding ortho intramolecular Hbond substituents is 1. The molecule has 6 heteroatoms. The molecule has 2 atom stereocenters. The van der Waals surface area contributed by atoms with Crippen LogP contribution >= 0.6 is 0 Å². The Morgan fingerprint density at radius 1 is 1.10 bits per heavy atom. The molecule has 0 radical (unpaired) electrons. The second-order valence-corrected chi connectivity index (χ2v) is 7.77. The van der Waals surface area contributed by atoms with E-state index in [1.54, 1.807) is 42.2 Å². The number of halogens is 1. The average Bonchev–Trinajstić information content (AvgIpc) is 3.06. The van der Waals surface area contributed by atoms with Gasteiger partial charge in [-0.15, -0.1) is 0 Å². The molecule has 0 saturated carbocycles. The Labute approximate surface area is 171 Å². The van der Waals surface area contributed by atoms with Crippen LogP contribution in [0.15, 0.2) is 48.5 Å². The standard InChI is InChI=1S/C17H23FN2O2.C6H6O/c1-12-4-5-13(9-15(12)18)10-20-8-6-16(17(20)22)19-7-2-3-14(21)11-19;7-6-4-2-1-3-5-6/h4-5,9,14,16,21H,2-3,6-8,10-11H2,1H3;1-5,7H. The van der Waals surface area contributed by atoms with Gasteiger partial charge in [0.1, 0.15) is 11.6 Å². The zero-order valence-electron chi connectivity index (χ0n) is 16.8. The number of hydrogen-bond acceptors (Lipinski definition) is 4. The van der Waals surface area contributed by atoms with Gasteiger partial charge in [-0.3, -0.25) is 9.69 Å². The molecule has 1 amide bonds. The van der Waals surface area contributed by atoms with E-state index in [4.69, 9.17) is 5.11 Å². The summed E-state index contributed by atoms with van der Waals surface area (Å²) in [5.74, 6) is 0.206. The molecular weight excluding hydrogens is 371 g/mol. The first-order valence-electron chi connectivity index (χ1n) is 10.1. The maximum atomic E-state index is 13.6. The van der Waals surface area contributed by atoms with Crippen molar-refractivity contribution in [2.24, 2.45) is 0 Å². The molecule has 0 aliphatic carbocycles. The molecule has 156 valence electrons. The number of nitrogens with zero attached hydrogens (tertiary/aromatic N) is 2. The number of carbonyl (C=O) groups is 1. The van der Waals surface area contributed by atoms with Crippen LogP contribution in [0.2, 0.25) is 0 Å². The fraction of sp³-hybridized carbons (Fsp3) is 0.435. The van der Waals surface area contributed by atoms with Crippen molar-refractivity contribution in [1.82, 2.24) is 9.80 Å². The van der Waals surface area contributed by atoms with Crippen molar-refractivity contribution < 1.29 is 19.4 Å². The summed E-state index contributed by atoms with van der Waals surface area (Å²) in [6.45, 7) is 4.36. The minimum absolute atomic E-state index is 0.107. The highest BCUT2D eigenvalue weighted by Gasteiger charge is 2.37. The van der Waals surface area contributed by atoms with E-state index in [0.717, 1.165) is 31.4 Å². The maximum absolute atomic E-state index is 13.6. The van der Waals surface area contributed by atoms with Gasteiger partial charge in [0.05, 0.1) is 12.1 Å². The fourth-order valence-electron chi connectivity index (χ4n) is 3.87. The van der Waals surface area contributed by atoms with E-state index in [0.29, 0.717) is 30.9 Å². The lowest BCUT2D eigenvalue weighted by atomic mass is 10.1. The van der Waals surface area contributed by atoms with E-state index in [-0.39, 0.29) is 23.9 Å². The molecule has 2 aliphatic rings. The number of β-amino-alcohol motifs (C(OH)–C–C–N with tert-alkyl or cyclic N) is 1. The van der Waals surface area contributed by atoms with E-state index in [2.05, 4.69) is 4.90 Å². The van der Waals surface area contributed by atoms with Crippen molar-refractivity contribution in [3.63, 3.8) is 0 Å². The zero-order chi connectivity index (χ0) is 20.8. The molecule has 2 aromatic carbocycles. The quantitative estimate of drug-likeness (QED) is 0.831. The summed E-state index contributed by atoms with van der Waals surface area (Å²) in [5.41, 5.74) is 1.45. The van der Waals surface area contributed by atoms with Gasteiger partial charge in [0.15, 0.2) is 0 Å². The van der Waals surface area contributed by atoms with Gasteiger partial charge in [0.2, 0.25) is 5.91 Å². The van der Waals surface area contributed by atoms with Crippen LogP contribution in [0.5, 0.6) is 5.75 Å². The van der Waals surface area contributed by atoms with Gasteiger partial charge >= 0.3 is 0 Å². The van der Waals surface area contributed by atoms with Gasteiger partial charge in [-0.05, 0) is 62.1 Å². The highest BCUT2D eigenvalue weighted by Crippen LogP contribution is 2.23. The van der Waals surface area contributed by atoms with E-state index < -0.39 is 0 Å². The van der Waals surface area contributed by atoms with Gasteiger partial charge < -0.3 is 15.1 Å². The Morgan fingerprint density at radius 3 is 2.48 bits per heavy atom. The molecule has 2 heterocycles. The number of hydrogen-bond donors (Lipinski definition) is 2. The Kier molecular flexibility index (Phi) is 7.23. The number of aliphatic hydroxyl groups excluding tert-OH is 1. The van der Waals surface area contributed by atoms with Crippen LogP contribution in [-0.4, -0.2) is 57.7 Å². The molecule has 0 spiro atoms. The zero-order valence-corrected chi connectivity index (χ0v) is 16.8. The number of phenols is 1. The summed E-state index contributed by atoms with van der Waals surface area (Å²) in [6.07, 6.45) is 2.24. The first kappa shape index (κ1) is 21.3. The second kappa shape index (κ2) is 9.85. The smallest absolute Gasteiger partial charge is 0.240 e. The van der Waals surface area contributed by atoms with Gasteiger partial charge in [-0.25, -0.2) is 4.39 Å². The molecule has 2 N–H and O–H groups in total. The molecule has 2 aromatic rings. The van der Waals surface area contributed by atoms with E-state index in [1.807, 2.05) is 12.1 Å². The molecule has 2 fully saturated rings. The first-order chi connectivity index (χ1) is 13.9. The molecule has 0 aromatic heterocycles. The highest BCUT2D eigenvalue weighted by atomic mass is 19.1. The summed E-state index contributed by atoms with van der Waals surface area (Å²) in [4.78, 5) is 16.5. The van der Waals surface area contributed by atoms with Gasteiger partial charge in [-0.2, -0.15) is 0 Å². The van der Waals surface area contributed by atoms with E-state index in [1.165, 1.54) is 6.07 Å². The predicted octanol–water partition coefficient (Wildman–Crippen LogP) is 3.08. The monoisotopic (exact) mass is 400 g/mol. The van der Waals surface area contributed by atoms with Gasteiger partial charge in [0, 0.05) is 19.6 Å². The minimum Gasteiger partial charge on any atom is -0.508 e. The Morgan fingerprint density at radius 2 is 1.86 bits per heavy atom. The summed E-state index contributed by atoms with van der Waals surface area (Å²) >= 11 is 0. The Bertz CT molecular complexity index is 815. The van der Waals surface area contributed by atoms with Gasteiger partial charge in [0.25, 0.3) is 0 Å². The summed E-state index contributed by atoms with van der Waals surface area (Å²) in [6, 6.07) is 13.7. The first-order valence-corrected chi connectivity index (χ1v) is 10.1. The normalized spacial score (nSPS) is 22.3. The van der Waals surface area contributed by atoms with E-state index >= 15 is 0 Å². The predicted molar refractivity (Wildman–Crippen MR) is 110 cm³/mol. The van der Waals surface area contributed by atoms with Crippen LogP contribution in [0, 0.1) is 12.7 Å². The number of aromatic hydroxyl groups is 1. The third-order valence-corrected chi connectivity index (χ3v) is 5.50. The van der Waals surface area contributed by atoms with Crippen molar-refractivity contribution in [3.8, 4) is 5.75 Å². The largest absolute Gasteiger partial charge is 0.508 e. The summed E-state index contributed by atoms with van der Waals surface area (Å²) < 4.78 is 13.6. The second-order valence-electron chi connectivity index (χ2n) is 7.77. The SMILES string of the molecule is Cc1ccc(CN2CCC(N3CCCC(O)C3)C2=O)cc1F.Oc1ccccc1. The number of aliphatic hydroxyl groups is 1.